The van der Waals surface area contributed by atoms with Crippen molar-refractivity contribution in [2.45, 2.75) is 70.2 Å². The van der Waals surface area contributed by atoms with Gasteiger partial charge in [-0.2, -0.15) is 13.2 Å². The van der Waals surface area contributed by atoms with Crippen LogP contribution in [0.2, 0.25) is 0 Å². The van der Waals surface area contributed by atoms with Crippen molar-refractivity contribution in [1.29, 1.82) is 0 Å². The minimum atomic E-state index is -4.31. The number of hydrogen-bond donors (Lipinski definition) is 1. The van der Waals surface area contributed by atoms with Gasteiger partial charge in [-0.25, -0.2) is 4.79 Å². The summed E-state index contributed by atoms with van der Waals surface area (Å²) in [6.45, 7) is 5.41. The van der Waals surface area contributed by atoms with Crippen molar-refractivity contribution in [3.05, 3.63) is 35.4 Å². The van der Waals surface area contributed by atoms with Crippen LogP contribution in [0.25, 0.3) is 0 Å². The average Bonchev–Trinajstić information content (AvgIpc) is 2.44. The van der Waals surface area contributed by atoms with Crippen LogP contribution in [0.4, 0.5) is 18.0 Å². The van der Waals surface area contributed by atoms with Gasteiger partial charge in [-0.1, -0.05) is 18.6 Å². The molecule has 1 saturated carbocycles. The molecular weight excluding hydrogens is 319 g/mol. The molecule has 2 rings (SSSR count). The minimum Gasteiger partial charge on any atom is -0.444 e. The molecule has 2 atom stereocenters. The lowest BCUT2D eigenvalue weighted by molar-refractivity contribution is -0.137. The first kappa shape index (κ1) is 18.6. The summed E-state index contributed by atoms with van der Waals surface area (Å²) in [5.74, 6) is 0.154. The number of amides is 1. The van der Waals surface area contributed by atoms with Crippen molar-refractivity contribution >= 4 is 6.09 Å². The Morgan fingerprint density at radius 1 is 1.12 bits per heavy atom. The molecule has 1 aliphatic carbocycles. The Bertz CT molecular complexity index is 561. The predicted octanol–water partition coefficient (Wildman–Crippen LogP) is 5.26. The second-order valence-electron chi connectivity index (χ2n) is 7.33. The van der Waals surface area contributed by atoms with E-state index in [0.29, 0.717) is 6.42 Å². The molecule has 134 valence electrons. The van der Waals surface area contributed by atoms with Crippen LogP contribution in [0.3, 0.4) is 0 Å². The Morgan fingerprint density at radius 3 is 2.29 bits per heavy atom. The van der Waals surface area contributed by atoms with Crippen molar-refractivity contribution in [2.75, 3.05) is 0 Å². The van der Waals surface area contributed by atoms with Crippen LogP contribution in [-0.4, -0.2) is 17.7 Å². The number of rotatable bonds is 2. The summed E-state index contributed by atoms with van der Waals surface area (Å²) in [5.41, 5.74) is -0.296. The minimum absolute atomic E-state index is 0.0131. The first-order valence-corrected chi connectivity index (χ1v) is 8.21. The number of nitrogens with one attached hydrogen (secondary N) is 1. The highest BCUT2D eigenvalue weighted by Gasteiger charge is 2.31. The maximum absolute atomic E-state index is 12.6. The molecule has 1 aromatic rings. The van der Waals surface area contributed by atoms with Crippen molar-refractivity contribution in [3.8, 4) is 0 Å². The zero-order valence-corrected chi connectivity index (χ0v) is 14.2. The first-order valence-electron chi connectivity index (χ1n) is 8.21. The quantitative estimate of drug-likeness (QED) is 0.796. The molecule has 1 fully saturated rings. The lowest BCUT2D eigenvalue weighted by Gasteiger charge is -2.31. The number of alkyl halides is 3. The molecule has 0 aliphatic heterocycles. The Kier molecular flexibility index (Phi) is 5.45. The fourth-order valence-electron chi connectivity index (χ4n) is 3.04. The lowest BCUT2D eigenvalue weighted by atomic mass is 9.81. The highest BCUT2D eigenvalue weighted by atomic mass is 19.4. The van der Waals surface area contributed by atoms with Crippen LogP contribution in [0, 0.1) is 0 Å². The molecule has 24 heavy (non-hydrogen) atoms. The molecule has 6 heteroatoms. The van der Waals surface area contributed by atoms with Crippen LogP contribution in [0.5, 0.6) is 0 Å². The normalized spacial score (nSPS) is 22.1. The van der Waals surface area contributed by atoms with Crippen LogP contribution >= 0.6 is 0 Å². The molecule has 1 N–H and O–H groups in total. The summed E-state index contributed by atoms with van der Waals surface area (Å²) in [6, 6.07) is 5.33. The van der Waals surface area contributed by atoms with E-state index in [0.717, 1.165) is 37.0 Å². The van der Waals surface area contributed by atoms with Gasteiger partial charge in [-0.15, -0.1) is 0 Å². The molecule has 1 aromatic carbocycles. The largest absolute Gasteiger partial charge is 0.444 e. The van der Waals surface area contributed by atoms with Crippen LogP contribution in [-0.2, 0) is 10.9 Å². The first-order chi connectivity index (χ1) is 11.0. The molecule has 3 nitrogen and oxygen atoms in total. The zero-order valence-electron chi connectivity index (χ0n) is 14.2. The van der Waals surface area contributed by atoms with Gasteiger partial charge < -0.3 is 10.1 Å². The highest BCUT2D eigenvalue weighted by Crippen LogP contribution is 2.35. The van der Waals surface area contributed by atoms with Crippen LogP contribution in [0.15, 0.2) is 24.3 Å². The van der Waals surface area contributed by atoms with Crippen molar-refractivity contribution in [1.82, 2.24) is 5.32 Å². The van der Waals surface area contributed by atoms with E-state index in [2.05, 4.69) is 5.32 Å². The zero-order chi connectivity index (χ0) is 18.0. The van der Waals surface area contributed by atoms with Gasteiger partial charge >= 0.3 is 12.3 Å². The molecule has 1 aliphatic rings. The molecule has 0 bridgehead atoms. The monoisotopic (exact) mass is 343 g/mol. The van der Waals surface area contributed by atoms with Gasteiger partial charge in [0.2, 0.25) is 0 Å². The number of carbonyl (C=O) groups is 1. The summed E-state index contributed by atoms with van der Waals surface area (Å²) in [6.07, 6.45) is -1.35. The van der Waals surface area contributed by atoms with E-state index >= 15 is 0 Å². The fraction of sp³-hybridized carbons (Fsp3) is 0.611. The van der Waals surface area contributed by atoms with Crippen molar-refractivity contribution < 1.29 is 22.7 Å². The third-order valence-corrected chi connectivity index (χ3v) is 4.10. The number of benzene rings is 1. The van der Waals surface area contributed by atoms with Gasteiger partial charge in [-0.05, 0) is 63.6 Å². The van der Waals surface area contributed by atoms with E-state index in [9.17, 15) is 18.0 Å². The molecule has 0 heterocycles. The molecule has 0 aromatic heterocycles. The van der Waals surface area contributed by atoms with E-state index in [1.54, 1.807) is 32.9 Å². The summed E-state index contributed by atoms with van der Waals surface area (Å²) in [4.78, 5) is 11.9. The maximum atomic E-state index is 12.6. The molecule has 0 saturated heterocycles. The second-order valence-corrected chi connectivity index (χ2v) is 7.33. The standard InChI is InChI=1S/C18H24F3NO2/c1-17(2,3)24-16(23)22-15-6-4-5-13(11-15)12-7-9-14(10-8-12)18(19,20)21/h7-10,13,15H,4-6,11H2,1-3H3,(H,22,23)/t13-,15+/m0/s1. The van der Waals surface area contributed by atoms with Gasteiger partial charge in [0.05, 0.1) is 5.56 Å². The summed E-state index contributed by atoms with van der Waals surface area (Å²) in [5, 5.41) is 2.87. The van der Waals surface area contributed by atoms with Crippen LogP contribution in [0.1, 0.15) is 63.5 Å². The number of ether oxygens (including phenoxy) is 1. The number of alkyl carbamates (subject to hydrolysis) is 1. The van der Waals surface area contributed by atoms with E-state index in [-0.39, 0.29) is 12.0 Å². The molecule has 0 spiro atoms. The Balaban J connectivity index is 1.96. The SMILES string of the molecule is CC(C)(C)OC(=O)N[C@@H]1CCC[C@H](c2ccc(C(F)(F)F)cc2)C1. The summed E-state index contributed by atoms with van der Waals surface area (Å²) < 4.78 is 43.2. The van der Waals surface area contributed by atoms with E-state index < -0.39 is 23.4 Å². The van der Waals surface area contributed by atoms with E-state index in [1.165, 1.54) is 0 Å². The third kappa shape index (κ3) is 5.42. The second kappa shape index (κ2) is 7.03. The lowest BCUT2D eigenvalue weighted by Crippen LogP contribution is -2.41. The number of carbonyl (C=O) groups excluding carboxylic acids is 1. The summed E-state index contributed by atoms with van der Waals surface area (Å²) >= 11 is 0. The fourth-order valence-corrected chi connectivity index (χ4v) is 3.04. The average molecular weight is 343 g/mol. The Morgan fingerprint density at radius 2 is 1.75 bits per heavy atom. The summed E-state index contributed by atoms with van der Waals surface area (Å²) in [7, 11) is 0. The van der Waals surface area contributed by atoms with Gasteiger partial charge in [0, 0.05) is 6.04 Å². The van der Waals surface area contributed by atoms with Gasteiger partial charge in [0.1, 0.15) is 5.60 Å². The van der Waals surface area contributed by atoms with Crippen molar-refractivity contribution in [3.63, 3.8) is 0 Å². The van der Waals surface area contributed by atoms with E-state index in [1.807, 2.05) is 0 Å². The Hall–Kier alpha value is -1.72. The van der Waals surface area contributed by atoms with Gasteiger partial charge in [0.15, 0.2) is 0 Å². The maximum Gasteiger partial charge on any atom is 0.416 e. The predicted molar refractivity (Wildman–Crippen MR) is 85.8 cm³/mol. The molecule has 1 amide bonds. The highest BCUT2D eigenvalue weighted by molar-refractivity contribution is 5.68. The third-order valence-electron chi connectivity index (χ3n) is 4.10. The smallest absolute Gasteiger partial charge is 0.416 e. The van der Waals surface area contributed by atoms with Gasteiger partial charge in [-0.3, -0.25) is 0 Å². The van der Waals surface area contributed by atoms with E-state index in [4.69, 9.17) is 4.74 Å². The number of halogens is 3. The number of hydrogen-bond acceptors (Lipinski definition) is 2. The topological polar surface area (TPSA) is 38.3 Å². The molecule has 0 unspecified atom stereocenters. The van der Waals surface area contributed by atoms with Crippen LogP contribution < -0.4 is 5.32 Å². The van der Waals surface area contributed by atoms with Crippen molar-refractivity contribution in [2.24, 2.45) is 0 Å². The van der Waals surface area contributed by atoms with Gasteiger partial charge in [0.25, 0.3) is 0 Å². The molecular formula is C18H24F3NO2. The Labute approximate surface area is 140 Å². The molecule has 0 radical (unpaired) electrons.